The van der Waals surface area contributed by atoms with Crippen molar-refractivity contribution in [3.8, 4) is 5.75 Å². The van der Waals surface area contributed by atoms with Crippen LogP contribution in [0.2, 0.25) is 10.0 Å². The van der Waals surface area contributed by atoms with Gasteiger partial charge in [0.15, 0.2) is 5.75 Å². The number of rotatable bonds is 8. The van der Waals surface area contributed by atoms with E-state index in [1.165, 1.54) is 43.7 Å². The normalized spacial score (nSPS) is 11.9. The van der Waals surface area contributed by atoms with Gasteiger partial charge in [-0.15, -0.1) is 0 Å². The molecule has 0 saturated heterocycles. The zero-order valence-electron chi connectivity index (χ0n) is 16.9. The van der Waals surface area contributed by atoms with E-state index in [1.807, 2.05) is 0 Å². The van der Waals surface area contributed by atoms with E-state index >= 15 is 0 Å². The Morgan fingerprint density at radius 2 is 1.87 bits per heavy atom. The molecule has 0 heterocycles. The largest absolute Gasteiger partial charge is 0.490 e. The van der Waals surface area contributed by atoms with Crippen molar-refractivity contribution in [1.82, 2.24) is 10.7 Å². The molecule has 0 spiro atoms. The minimum Gasteiger partial charge on any atom is -0.490 e. The molecule has 2 aromatic rings. The SMILES string of the molecule is COc1ccc(C=NNC(=O)C(NC(=O)c2ccc(Cl)c(Cl)c2)C(C)C)cc1[N+](=O)[O-]. The summed E-state index contributed by atoms with van der Waals surface area (Å²) in [5.41, 5.74) is 2.74. The van der Waals surface area contributed by atoms with Crippen LogP contribution in [0.25, 0.3) is 0 Å². The van der Waals surface area contributed by atoms with Gasteiger partial charge in [-0.1, -0.05) is 37.0 Å². The lowest BCUT2D eigenvalue weighted by Gasteiger charge is -2.20. The number of carbonyl (C=O) groups is 2. The predicted octanol–water partition coefficient (Wildman–Crippen LogP) is 3.81. The molecule has 0 radical (unpaired) electrons. The van der Waals surface area contributed by atoms with Crippen LogP contribution in [0.5, 0.6) is 5.75 Å². The topological polar surface area (TPSA) is 123 Å². The Hall–Kier alpha value is -3.17. The first-order valence-corrected chi connectivity index (χ1v) is 9.81. The van der Waals surface area contributed by atoms with Gasteiger partial charge < -0.3 is 10.1 Å². The molecule has 2 rings (SSSR count). The van der Waals surface area contributed by atoms with E-state index in [0.29, 0.717) is 10.6 Å². The van der Waals surface area contributed by atoms with Gasteiger partial charge in [-0.3, -0.25) is 19.7 Å². The highest BCUT2D eigenvalue weighted by atomic mass is 35.5. The molecule has 9 nitrogen and oxygen atoms in total. The lowest BCUT2D eigenvalue weighted by Crippen LogP contribution is -2.48. The minimum atomic E-state index is -0.885. The lowest BCUT2D eigenvalue weighted by molar-refractivity contribution is -0.385. The third-order valence-electron chi connectivity index (χ3n) is 4.21. The molecule has 0 bridgehead atoms. The van der Waals surface area contributed by atoms with Gasteiger partial charge in [-0.05, 0) is 36.2 Å². The summed E-state index contributed by atoms with van der Waals surface area (Å²) >= 11 is 11.8. The van der Waals surface area contributed by atoms with Gasteiger partial charge in [0.25, 0.3) is 11.8 Å². The number of nitro benzene ring substituents is 1. The molecule has 164 valence electrons. The molecule has 0 fully saturated rings. The van der Waals surface area contributed by atoms with Crippen molar-refractivity contribution in [3.63, 3.8) is 0 Å². The summed E-state index contributed by atoms with van der Waals surface area (Å²) < 4.78 is 4.94. The summed E-state index contributed by atoms with van der Waals surface area (Å²) in [6.07, 6.45) is 1.25. The van der Waals surface area contributed by atoms with Crippen LogP contribution < -0.4 is 15.5 Å². The highest BCUT2D eigenvalue weighted by molar-refractivity contribution is 6.42. The lowest BCUT2D eigenvalue weighted by atomic mass is 10.0. The molecule has 2 N–H and O–H groups in total. The Morgan fingerprint density at radius 3 is 2.45 bits per heavy atom. The second-order valence-electron chi connectivity index (χ2n) is 6.75. The smallest absolute Gasteiger partial charge is 0.311 e. The van der Waals surface area contributed by atoms with Crippen LogP contribution in [0.15, 0.2) is 41.5 Å². The predicted molar refractivity (Wildman–Crippen MR) is 118 cm³/mol. The van der Waals surface area contributed by atoms with Gasteiger partial charge in [0.1, 0.15) is 6.04 Å². The molecule has 0 aliphatic heterocycles. The average molecular weight is 467 g/mol. The van der Waals surface area contributed by atoms with Gasteiger partial charge in [-0.25, -0.2) is 5.43 Å². The fourth-order valence-electron chi connectivity index (χ4n) is 2.57. The fraction of sp³-hybridized carbons (Fsp3) is 0.250. The molecule has 2 amide bonds. The molecule has 1 unspecified atom stereocenters. The molecule has 2 aromatic carbocycles. The van der Waals surface area contributed by atoms with Crippen LogP contribution in [-0.2, 0) is 4.79 Å². The molecule has 0 aliphatic rings. The highest BCUT2D eigenvalue weighted by Crippen LogP contribution is 2.27. The second-order valence-corrected chi connectivity index (χ2v) is 7.56. The average Bonchev–Trinajstić information content (AvgIpc) is 2.73. The summed E-state index contributed by atoms with van der Waals surface area (Å²) in [6, 6.07) is 7.74. The number of hydrogen-bond donors (Lipinski definition) is 2. The van der Waals surface area contributed by atoms with Crippen molar-refractivity contribution in [2.45, 2.75) is 19.9 Å². The van der Waals surface area contributed by atoms with E-state index in [1.54, 1.807) is 19.9 Å². The van der Waals surface area contributed by atoms with Crippen molar-refractivity contribution < 1.29 is 19.2 Å². The number of ether oxygens (including phenoxy) is 1. The minimum absolute atomic E-state index is 0.107. The Labute approximate surface area is 188 Å². The van der Waals surface area contributed by atoms with Crippen LogP contribution in [0.3, 0.4) is 0 Å². The number of hydrazone groups is 1. The molecule has 0 aliphatic carbocycles. The number of carbonyl (C=O) groups excluding carboxylic acids is 2. The van der Waals surface area contributed by atoms with Crippen molar-refractivity contribution in [2.24, 2.45) is 11.0 Å². The number of amides is 2. The van der Waals surface area contributed by atoms with Crippen LogP contribution in [0.4, 0.5) is 5.69 Å². The molecule has 0 aromatic heterocycles. The Morgan fingerprint density at radius 1 is 1.16 bits per heavy atom. The van der Waals surface area contributed by atoms with E-state index in [9.17, 15) is 19.7 Å². The maximum absolute atomic E-state index is 12.5. The van der Waals surface area contributed by atoms with E-state index in [-0.39, 0.29) is 27.9 Å². The quantitative estimate of drug-likeness (QED) is 0.347. The maximum atomic E-state index is 12.5. The van der Waals surface area contributed by atoms with Crippen LogP contribution in [0.1, 0.15) is 29.8 Å². The maximum Gasteiger partial charge on any atom is 0.311 e. The highest BCUT2D eigenvalue weighted by Gasteiger charge is 2.25. The summed E-state index contributed by atoms with van der Waals surface area (Å²) in [7, 11) is 1.33. The Bertz CT molecular complexity index is 1030. The first-order valence-electron chi connectivity index (χ1n) is 9.05. The number of nitrogens with zero attached hydrogens (tertiary/aromatic N) is 2. The molecule has 1 atom stereocenters. The van der Waals surface area contributed by atoms with Crippen LogP contribution in [-0.4, -0.2) is 36.1 Å². The van der Waals surface area contributed by atoms with E-state index in [4.69, 9.17) is 27.9 Å². The zero-order valence-corrected chi connectivity index (χ0v) is 18.4. The number of halogens is 2. The van der Waals surface area contributed by atoms with Gasteiger partial charge in [0, 0.05) is 17.2 Å². The monoisotopic (exact) mass is 466 g/mol. The van der Waals surface area contributed by atoms with Gasteiger partial charge >= 0.3 is 5.69 Å². The number of nitro groups is 1. The number of methoxy groups -OCH3 is 1. The molecular formula is C20H20Cl2N4O5. The number of benzene rings is 2. The van der Waals surface area contributed by atoms with E-state index < -0.39 is 22.8 Å². The van der Waals surface area contributed by atoms with Gasteiger partial charge in [0.05, 0.1) is 28.3 Å². The molecular weight excluding hydrogens is 447 g/mol. The van der Waals surface area contributed by atoms with Crippen molar-refractivity contribution in [1.29, 1.82) is 0 Å². The van der Waals surface area contributed by atoms with Gasteiger partial charge in [-0.2, -0.15) is 5.10 Å². The summed E-state index contributed by atoms with van der Waals surface area (Å²) in [5.74, 6) is -1.19. The van der Waals surface area contributed by atoms with Crippen molar-refractivity contribution >= 4 is 46.9 Å². The van der Waals surface area contributed by atoms with E-state index in [0.717, 1.165) is 0 Å². The van der Waals surface area contributed by atoms with Crippen LogP contribution in [0, 0.1) is 16.0 Å². The number of nitrogens with one attached hydrogen (secondary N) is 2. The van der Waals surface area contributed by atoms with Gasteiger partial charge in [0.2, 0.25) is 0 Å². The third kappa shape index (κ3) is 6.40. The standard InChI is InChI=1S/C20H20Cl2N4O5/c1-11(2)18(24-19(27)13-5-6-14(21)15(22)9-13)20(28)25-23-10-12-4-7-17(31-3)16(8-12)26(29)30/h4-11,18H,1-3H3,(H,24,27)(H,25,28). The summed E-state index contributed by atoms with van der Waals surface area (Å²) in [4.78, 5) is 35.5. The fourth-order valence-corrected chi connectivity index (χ4v) is 2.86. The number of hydrogen-bond acceptors (Lipinski definition) is 6. The first kappa shape index (κ1) is 24.1. The third-order valence-corrected chi connectivity index (χ3v) is 4.94. The van der Waals surface area contributed by atoms with Crippen molar-refractivity contribution in [3.05, 3.63) is 67.7 Å². The molecule has 11 heteroatoms. The molecule has 31 heavy (non-hydrogen) atoms. The van der Waals surface area contributed by atoms with Crippen molar-refractivity contribution in [2.75, 3.05) is 7.11 Å². The van der Waals surface area contributed by atoms with Crippen LogP contribution >= 0.6 is 23.2 Å². The Kier molecular flexibility index (Phi) is 8.35. The van der Waals surface area contributed by atoms with E-state index in [2.05, 4.69) is 15.8 Å². The molecule has 0 saturated carbocycles. The summed E-state index contributed by atoms with van der Waals surface area (Å²) in [6.45, 7) is 3.52. The summed E-state index contributed by atoms with van der Waals surface area (Å²) in [5, 5.41) is 18.1. The Balaban J connectivity index is 2.09. The second kappa shape index (κ2) is 10.7. The first-order chi connectivity index (χ1) is 14.6. The zero-order chi connectivity index (χ0) is 23.1.